The van der Waals surface area contributed by atoms with E-state index in [9.17, 15) is 9.18 Å². The molecule has 0 radical (unpaired) electrons. The van der Waals surface area contributed by atoms with Gasteiger partial charge >= 0.3 is 0 Å². The topological polar surface area (TPSA) is 22.0 Å². The Morgan fingerprint density at radius 3 is 2.95 bits per heavy atom. The molecule has 0 aliphatic carbocycles. The second-order valence-corrected chi connectivity index (χ2v) is 5.47. The zero-order valence-corrected chi connectivity index (χ0v) is 11.2. The minimum atomic E-state index is -0.273. The smallest absolute Gasteiger partial charge is 0.259 e. The Hall–Kier alpha value is -1.94. The molecule has 0 bridgehead atoms. The second-order valence-electron chi connectivity index (χ2n) is 4.52. The van der Waals surface area contributed by atoms with E-state index in [1.54, 1.807) is 28.2 Å². The lowest BCUT2D eigenvalue weighted by molar-refractivity contribution is 0.622. The summed E-state index contributed by atoms with van der Waals surface area (Å²) in [5, 5.41) is 2.63. The van der Waals surface area contributed by atoms with Crippen LogP contribution in [0.2, 0.25) is 0 Å². The highest BCUT2D eigenvalue weighted by Crippen LogP contribution is 2.17. The number of thiophene rings is 1. The molecule has 0 fully saturated rings. The van der Waals surface area contributed by atoms with Gasteiger partial charge in [0.15, 0.2) is 0 Å². The summed E-state index contributed by atoms with van der Waals surface area (Å²) < 4.78 is 15.9. The molecular formula is C15H12FNOS. The molecule has 0 saturated carbocycles. The minimum Gasteiger partial charge on any atom is -0.310 e. The largest absolute Gasteiger partial charge is 0.310 e. The van der Waals surface area contributed by atoms with Crippen molar-refractivity contribution in [3.8, 4) is 0 Å². The van der Waals surface area contributed by atoms with Gasteiger partial charge in [0, 0.05) is 10.9 Å². The Kier molecular flexibility index (Phi) is 2.95. The minimum absolute atomic E-state index is 0.0255. The van der Waals surface area contributed by atoms with Crippen molar-refractivity contribution in [1.29, 1.82) is 0 Å². The lowest BCUT2D eigenvalue weighted by Gasteiger charge is -2.09. The van der Waals surface area contributed by atoms with Gasteiger partial charge in [-0.1, -0.05) is 6.07 Å². The fourth-order valence-electron chi connectivity index (χ4n) is 2.13. The molecule has 19 heavy (non-hydrogen) atoms. The molecular weight excluding hydrogens is 261 g/mol. The Morgan fingerprint density at radius 1 is 1.26 bits per heavy atom. The first-order valence-electron chi connectivity index (χ1n) is 5.97. The number of hydrogen-bond donors (Lipinski definition) is 0. The van der Waals surface area contributed by atoms with Crippen molar-refractivity contribution in [2.24, 2.45) is 0 Å². The predicted molar refractivity (Wildman–Crippen MR) is 76.3 cm³/mol. The number of rotatable bonds is 2. The van der Waals surface area contributed by atoms with E-state index in [0.29, 0.717) is 6.54 Å². The molecule has 4 heteroatoms. The number of hydrogen-bond acceptors (Lipinski definition) is 2. The van der Waals surface area contributed by atoms with Crippen LogP contribution in [0.1, 0.15) is 11.1 Å². The summed E-state index contributed by atoms with van der Waals surface area (Å²) in [4.78, 5) is 12.3. The van der Waals surface area contributed by atoms with Gasteiger partial charge in [-0.05, 0) is 47.7 Å². The maximum Gasteiger partial charge on any atom is 0.259 e. The number of pyridine rings is 1. The highest BCUT2D eigenvalue weighted by Gasteiger charge is 2.06. The Balaban J connectivity index is 2.08. The third kappa shape index (κ3) is 2.19. The summed E-state index contributed by atoms with van der Waals surface area (Å²) in [6, 6.07) is 8.41. The average molecular weight is 273 g/mol. The molecule has 3 rings (SSSR count). The summed E-state index contributed by atoms with van der Waals surface area (Å²) in [6.07, 6.45) is 1.77. The molecule has 2 aromatic heterocycles. The number of halogens is 1. The van der Waals surface area contributed by atoms with Crippen molar-refractivity contribution in [3.05, 3.63) is 69.2 Å². The van der Waals surface area contributed by atoms with Gasteiger partial charge in [0.25, 0.3) is 5.56 Å². The van der Waals surface area contributed by atoms with Gasteiger partial charge in [-0.2, -0.15) is 0 Å². The van der Waals surface area contributed by atoms with Crippen LogP contribution >= 0.6 is 11.3 Å². The third-order valence-electron chi connectivity index (χ3n) is 3.24. The van der Waals surface area contributed by atoms with Gasteiger partial charge in [0.05, 0.1) is 11.9 Å². The van der Waals surface area contributed by atoms with Gasteiger partial charge in [-0.25, -0.2) is 4.39 Å². The first kappa shape index (κ1) is 12.1. The lowest BCUT2D eigenvalue weighted by atomic mass is 10.1. The van der Waals surface area contributed by atoms with Crippen molar-refractivity contribution >= 4 is 21.4 Å². The zero-order valence-electron chi connectivity index (χ0n) is 10.4. The van der Waals surface area contributed by atoms with Crippen molar-refractivity contribution in [2.45, 2.75) is 13.5 Å². The average Bonchev–Trinajstić information content (AvgIpc) is 2.86. The van der Waals surface area contributed by atoms with Crippen molar-refractivity contribution in [3.63, 3.8) is 0 Å². The molecule has 2 heterocycles. The highest BCUT2D eigenvalue weighted by molar-refractivity contribution is 7.17. The summed E-state index contributed by atoms with van der Waals surface area (Å²) >= 11 is 1.55. The number of fused-ring (bicyclic) bond motifs is 1. The van der Waals surface area contributed by atoms with Crippen LogP contribution in [0, 0.1) is 12.7 Å². The predicted octanol–water partition coefficient (Wildman–Crippen LogP) is 3.56. The van der Waals surface area contributed by atoms with E-state index in [0.717, 1.165) is 21.2 Å². The van der Waals surface area contributed by atoms with E-state index in [4.69, 9.17) is 0 Å². The number of nitrogens with zero attached hydrogens (tertiary/aromatic N) is 1. The van der Waals surface area contributed by atoms with Crippen LogP contribution in [0.5, 0.6) is 0 Å². The van der Waals surface area contributed by atoms with Crippen LogP contribution in [0.4, 0.5) is 4.39 Å². The van der Waals surface area contributed by atoms with Crippen molar-refractivity contribution < 1.29 is 4.39 Å². The van der Waals surface area contributed by atoms with Crippen LogP contribution in [0.15, 0.2) is 46.7 Å². The maximum atomic E-state index is 13.3. The lowest BCUT2D eigenvalue weighted by Crippen LogP contribution is -2.19. The second kappa shape index (κ2) is 4.63. The number of aryl methyl sites for hydroxylation is 1. The van der Waals surface area contributed by atoms with E-state index in [-0.39, 0.29) is 11.4 Å². The maximum absolute atomic E-state index is 13.3. The molecule has 2 nitrogen and oxygen atoms in total. The highest BCUT2D eigenvalue weighted by atomic mass is 32.1. The molecule has 0 saturated heterocycles. The Labute approximate surface area is 113 Å². The molecule has 0 amide bonds. The molecule has 0 aliphatic rings. The third-order valence-corrected chi connectivity index (χ3v) is 4.13. The molecule has 1 aromatic carbocycles. The first-order chi connectivity index (χ1) is 9.15. The van der Waals surface area contributed by atoms with Crippen molar-refractivity contribution in [2.75, 3.05) is 0 Å². The van der Waals surface area contributed by atoms with Gasteiger partial charge in [0.2, 0.25) is 0 Å². The SMILES string of the molecule is Cc1ccc(F)cc1Cn1ccc2sccc2c1=O. The van der Waals surface area contributed by atoms with Gasteiger partial charge in [-0.3, -0.25) is 4.79 Å². The molecule has 0 unspecified atom stereocenters. The van der Waals surface area contributed by atoms with E-state index in [1.807, 2.05) is 24.4 Å². The van der Waals surface area contributed by atoms with Gasteiger partial charge in [0.1, 0.15) is 5.82 Å². The fourth-order valence-corrected chi connectivity index (χ4v) is 2.90. The summed E-state index contributed by atoms with van der Waals surface area (Å²) in [6.45, 7) is 2.32. The number of aromatic nitrogens is 1. The summed E-state index contributed by atoms with van der Waals surface area (Å²) in [5.41, 5.74) is 1.79. The quantitative estimate of drug-likeness (QED) is 0.699. The summed E-state index contributed by atoms with van der Waals surface area (Å²) in [7, 11) is 0. The molecule has 0 spiro atoms. The molecule has 0 N–H and O–H groups in total. The fraction of sp³-hybridized carbons (Fsp3) is 0.133. The van der Waals surface area contributed by atoms with Crippen LogP contribution in [0.25, 0.3) is 10.1 Å². The van der Waals surface area contributed by atoms with Crippen LogP contribution in [-0.4, -0.2) is 4.57 Å². The van der Waals surface area contributed by atoms with Crippen LogP contribution in [0.3, 0.4) is 0 Å². The van der Waals surface area contributed by atoms with E-state index in [2.05, 4.69) is 0 Å². The normalized spacial score (nSPS) is 11.1. The monoisotopic (exact) mass is 273 g/mol. The molecule has 0 aliphatic heterocycles. The first-order valence-corrected chi connectivity index (χ1v) is 6.85. The Morgan fingerprint density at radius 2 is 2.11 bits per heavy atom. The molecule has 3 aromatic rings. The van der Waals surface area contributed by atoms with Crippen LogP contribution in [-0.2, 0) is 6.54 Å². The van der Waals surface area contributed by atoms with E-state index < -0.39 is 0 Å². The zero-order chi connectivity index (χ0) is 13.4. The van der Waals surface area contributed by atoms with E-state index >= 15 is 0 Å². The van der Waals surface area contributed by atoms with Gasteiger partial charge in [-0.15, -0.1) is 11.3 Å². The van der Waals surface area contributed by atoms with Crippen molar-refractivity contribution in [1.82, 2.24) is 4.57 Å². The van der Waals surface area contributed by atoms with E-state index in [1.165, 1.54) is 12.1 Å². The number of benzene rings is 1. The standard InChI is InChI=1S/C15H12FNOS/c1-10-2-3-12(16)8-11(10)9-17-6-4-14-13(15(17)18)5-7-19-14/h2-8H,9H2,1H3. The summed E-state index contributed by atoms with van der Waals surface area (Å²) in [5.74, 6) is -0.273. The molecule has 96 valence electrons. The van der Waals surface area contributed by atoms with Gasteiger partial charge < -0.3 is 4.57 Å². The Bertz CT molecular complexity index is 803. The molecule has 0 atom stereocenters. The van der Waals surface area contributed by atoms with Crippen LogP contribution < -0.4 is 5.56 Å².